The molecule has 0 fully saturated rings. The van der Waals surface area contributed by atoms with Crippen LogP contribution in [0.3, 0.4) is 0 Å². The SMILES string of the molecule is C=CCCNC(=O)c1ccc(S(=O)(=O)Cl)cc1. The van der Waals surface area contributed by atoms with Gasteiger partial charge in [-0.05, 0) is 30.7 Å². The summed E-state index contributed by atoms with van der Waals surface area (Å²) < 4.78 is 22.0. The second-order valence-electron chi connectivity index (χ2n) is 3.30. The van der Waals surface area contributed by atoms with E-state index in [0.29, 0.717) is 18.5 Å². The molecule has 1 amide bonds. The second kappa shape index (κ2) is 5.84. The number of amides is 1. The third-order valence-electron chi connectivity index (χ3n) is 2.03. The van der Waals surface area contributed by atoms with Crippen LogP contribution in [-0.2, 0) is 9.05 Å². The Balaban J connectivity index is 2.74. The van der Waals surface area contributed by atoms with Gasteiger partial charge in [-0.1, -0.05) is 6.08 Å². The van der Waals surface area contributed by atoms with Crippen molar-refractivity contribution in [3.8, 4) is 0 Å². The smallest absolute Gasteiger partial charge is 0.261 e. The number of hydrogen-bond acceptors (Lipinski definition) is 3. The Morgan fingerprint density at radius 2 is 1.94 bits per heavy atom. The normalized spacial score (nSPS) is 10.9. The van der Waals surface area contributed by atoms with Crippen LogP contribution in [0.2, 0.25) is 0 Å². The highest BCUT2D eigenvalue weighted by Gasteiger charge is 2.11. The molecule has 17 heavy (non-hydrogen) atoms. The highest BCUT2D eigenvalue weighted by atomic mass is 35.7. The fraction of sp³-hybridized carbons (Fsp3) is 0.182. The molecule has 6 heteroatoms. The minimum atomic E-state index is -3.74. The fourth-order valence-corrected chi connectivity index (χ4v) is 1.93. The van der Waals surface area contributed by atoms with E-state index in [1.165, 1.54) is 24.3 Å². The van der Waals surface area contributed by atoms with Crippen LogP contribution in [0.5, 0.6) is 0 Å². The van der Waals surface area contributed by atoms with E-state index in [0.717, 1.165) is 0 Å². The Morgan fingerprint density at radius 1 is 1.35 bits per heavy atom. The van der Waals surface area contributed by atoms with Crippen LogP contribution in [0.15, 0.2) is 41.8 Å². The number of carbonyl (C=O) groups excluding carboxylic acids is 1. The average Bonchev–Trinajstić information content (AvgIpc) is 2.28. The number of carbonyl (C=O) groups is 1. The molecule has 0 aliphatic rings. The fourth-order valence-electron chi connectivity index (χ4n) is 1.16. The van der Waals surface area contributed by atoms with Crippen LogP contribution in [-0.4, -0.2) is 20.9 Å². The van der Waals surface area contributed by atoms with Gasteiger partial charge in [0.25, 0.3) is 15.0 Å². The maximum atomic E-state index is 11.6. The first-order valence-corrected chi connectivity index (χ1v) is 7.20. The van der Waals surface area contributed by atoms with E-state index in [4.69, 9.17) is 10.7 Å². The zero-order valence-electron chi connectivity index (χ0n) is 9.02. The van der Waals surface area contributed by atoms with Crippen molar-refractivity contribution >= 4 is 25.6 Å². The van der Waals surface area contributed by atoms with Crippen molar-refractivity contribution < 1.29 is 13.2 Å². The van der Waals surface area contributed by atoms with Crippen molar-refractivity contribution in [2.75, 3.05) is 6.54 Å². The van der Waals surface area contributed by atoms with Gasteiger partial charge in [-0.3, -0.25) is 4.79 Å². The van der Waals surface area contributed by atoms with Crippen molar-refractivity contribution in [2.24, 2.45) is 0 Å². The molecule has 1 aromatic carbocycles. The molecular weight excluding hydrogens is 262 g/mol. The molecule has 1 rings (SSSR count). The van der Waals surface area contributed by atoms with E-state index in [1.807, 2.05) is 0 Å². The first-order chi connectivity index (χ1) is 7.95. The highest BCUT2D eigenvalue weighted by Crippen LogP contribution is 2.15. The summed E-state index contributed by atoms with van der Waals surface area (Å²) in [5.74, 6) is -0.259. The van der Waals surface area contributed by atoms with Gasteiger partial charge in [-0.2, -0.15) is 0 Å². The van der Waals surface area contributed by atoms with Crippen molar-refractivity contribution in [3.63, 3.8) is 0 Å². The van der Waals surface area contributed by atoms with E-state index >= 15 is 0 Å². The van der Waals surface area contributed by atoms with Gasteiger partial charge in [0.1, 0.15) is 0 Å². The largest absolute Gasteiger partial charge is 0.352 e. The number of rotatable bonds is 5. The summed E-state index contributed by atoms with van der Waals surface area (Å²) in [6, 6.07) is 5.42. The van der Waals surface area contributed by atoms with Gasteiger partial charge in [0.15, 0.2) is 0 Å². The second-order valence-corrected chi connectivity index (χ2v) is 5.86. The van der Waals surface area contributed by atoms with E-state index in [2.05, 4.69) is 11.9 Å². The lowest BCUT2D eigenvalue weighted by Gasteiger charge is -2.03. The summed E-state index contributed by atoms with van der Waals surface area (Å²) in [7, 11) is 1.41. The monoisotopic (exact) mass is 273 g/mol. The van der Waals surface area contributed by atoms with Gasteiger partial charge in [0.2, 0.25) is 0 Å². The molecule has 0 aliphatic heterocycles. The van der Waals surface area contributed by atoms with Gasteiger partial charge in [-0.25, -0.2) is 8.42 Å². The van der Waals surface area contributed by atoms with Crippen molar-refractivity contribution in [3.05, 3.63) is 42.5 Å². The Labute approximate surface area is 105 Å². The number of benzene rings is 1. The van der Waals surface area contributed by atoms with Crippen molar-refractivity contribution in [2.45, 2.75) is 11.3 Å². The predicted molar refractivity (Wildman–Crippen MR) is 66.6 cm³/mol. The molecule has 92 valence electrons. The highest BCUT2D eigenvalue weighted by molar-refractivity contribution is 8.13. The topological polar surface area (TPSA) is 63.2 Å². The lowest BCUT2D eigenvalue weighted by Crippen LogP contribution is -2.23. The molecule has 0 spiro atoms. The number of halogens is 1. The maximum absolute atomic E-state index is 11.6. The zero-order chi connectivity index (χ0) is 12.9. The van der Waals surface area contributed by atoms with Crippen LogP contribution in [0.4, 0.5) is 0 Å². The number of hydrogen-bond donors (Lipinski definition) is 1. The summed E-state index contributed by atoms with van der Waals surface area (Å²) in [5.41, 5.74) is 0.387. The van der Waals surface area contributed by atoms with Crippen molar-refractivity contribution in [1.29, 1.82) is 0 Å². The Bertz CT molecular complexity index is 508. The molecule has 0 bridgehead atoms. The quantitative estimate of drug-likeness (QED) is 0.506. The van der Waals surface area contributed by atoms with Crippen LogP contribution >= 0.6 is 10.7 Å². The summed E-state index contributed by atoms with van der Waals surface area (Å²) >= 11 is 0. The molecule has 1 aromatic rings. The first kappa shape index (κ1) is 13.7. The Morgan fingerprint density at radius 3 is 2.41 bits per heavy atom. The van der Waals surface area contributed by atoms with Crippen LogP contribution in [0, 0.1) is 0 Å². The van der Waals surface area contributed by atoms with Gasteiger partial charge >= 0.3 is 0 Å². The molecule has 0 radical (unpaired) electrons. The number of nitrogens with one attached hydrogen (secondary N) is 1. The van der Waals surface area contributed by atoms with Gasteiger partial charge in [-0.15, -0.1) is 6.58 Å². The molecule has 4 nitrogen and oxygen atoms in total. The minimum Gasteiger partial charge on any atom is -0.352 e. The molecule has 0 saturated carbocycles. The molecule has 0 atom stereocenters. The Kier molecular flexibility index (Phi) is 4.72. The summed E-state index contributed by atoms with van der Waals surface area (Å²) in [4.78, 5) is 11.5. The third kappa shape index (κ3) is 4.20. The summed E-state index contributed by atoms with van der Waals surface area (Å²) in [6.07, 6.45) is 2.38. The average molecular weight is 274 g/mol. The third-order valence-corrected chi connectivity index (χ3v) is 3.40. The van der Waals surface area contributed by atoms with E-state index in [9.17, 15) is 13.2 Å². The van der Waals surface area contributed by atoms with Gasteiger partial charge in [0, 0.05) is 22.8 Å². The lowest BCUT2D eigenvalue weighted by atomic mass is 10.2. The molecule has 0 saturated heterocycles. The molecule has 0 aliphatic carbocycles. The standard InChI is InChI=1S/C11H12ClNO3S/c1-2-3-8-13-11(14)9-4-6-10(7-5-9)17(12,15)16/h2,4-7H,1,3,8H2,(H,13,14). The van der Waals surface area contributed by atoms with Crippen LogP contribution in [0.1, 0.15) is 16.8 Å². The first-order valence-electron chi connectivity index (χ1n) is 4.89. The van der Waals surface area contributed by atoms with Crippen molar-refractivity contribution in [1.82, 2.24) is 5.32 Å². The summed E-state index contributed by atoms with van der Waals surface area (Å²) in [6.45, 7) is 4.03. The van der Waals surface area contributed by atoms with Crippen LogP contribution in [0.25, 0.3) is 0 Å². The van der Waals surface area contributed by atoms with Gasteiger partial charge < -0.3 is 5.32 Å². The zero-order valence-corrected chi connectivity index (χ0v) is 10.6. The maximum Gasteiger partial charge on any atom is 0.261 e. The summed E-state index contributed by atoms with van der Waals surface area (Å²) in [5, 5.41) is 2.67. The van der Waals surface area contributed by atoms with E-state index < -0.39 is 9.05 Å². The van der Waals surface area contributed by atoms with E-state index in [-0.39, 0.29) is 10.8 Å². The molecule has 0 heterocycles. The van der Waals surface area contributed by atoms with E-state index in [1.54, 1.807) is 6.08 Å². The molecular formula is C11H12ClNO3S. The molecule has 1 N–H and O–H groups in total. The van der Waals surface area contributed by atoms with Gasteiger partial charge in [0.05, 0.1) is 4.90 Å². The molecule has 0 aromatic heterocycles. The minimum absolute atomic E-state index is 0.0261. The Hall–Kier alpha value is -1.33. The molecule has 0 unspecified atom stereocenters. The van der Waals surface area contributed by atoms with Crippen LogP contribution < -0.4 is 5.32 Å². The predicted octanol–water partition coefficient (Wildman–Crippen LogP) is 1.92. The lowest BCUT2D eigenvalue weighted by molar-refractivity contribution is 0.0954.